The number of nitrogen functional groups attached to an aromatic ring is 1. The molecule has 5 N–H and O–H groups in total. The average Bonchev–Trinajstić information content (AvgIpc) is 3.47. The first-order valence-corrected chi connectivity index (χ1v) is 9.55. The van der Waals surface area contributed by atoms with Crippen molar-refractivity contribution < 1.29 is 14.4 Å². The molecule has 0 radical (unpaired) electrons. The summed E-state index contributed by atoms with van der Waals surface area (Å²) in [5, 5.41) is 7.22. The minimum atomic E-state index is -0.620. The molecule has 152 valence electrons. The van der Waals surface area contributed by atoms with Gasteiger partial charge in [-0.3, -0.25) is 14.4 Å². The molecule has 1 heterocycles. The average molecular weight is 403 g/mol. The second-order valence-electron chi connectivity index (χ2n) is 7.38. The van der Waals surface area contributed by atoms with Crippen molar-refractivity contribution >= 4 is 23.4 Å². The lowest BCUT2D eigenvalue weighted by Crippen LogP contribution is -2.25. The van der Waals surface area contributed by atoms with Crippen LogP contribution < -0.4 is 16.8 Å². The van der Waals surface area contributed by atoms with Crippen LogP contribution in [-0.2, 0) is 0 Å². The highest BCUT2D eigenvalue weighted by Gasteiger charge is 2.24. The van der Waals surface area contributed by atoms with Crippen molar-refractivity contribution in [3.63, 3.8) is 0 Å². The number of hydrogen-bond acceptors (Lipinski definition) is 5. The van der Waals surface area contributed by atoms with E-state index in [2.05, 4.69) is 10.4 Å². The first-order chi connectivity index (χ1) is 14.3. The molecule has 2 amide bonds. The van der Waals surface area contributed by atoms with Gasteiger partial charge in [0.2, 0.25) is 5.91 Å². The van der Waals surface area contributed by atoms with Gasteiger partial charge in [0.05, 0.1) is 17.4 Å². The molecule has 1 aliphatic rings. The van der Waals surface area contributed by atoms with Gasteiger partial charge >= 0.3 is 0 Å². The summed E-state index contributed by atoms with van der Waals surface area (Å²) in [6.45, 7) is 1.87. The Balaban J connectivity index is 1.68. The van der Waals surface area contributed by atoms with E-state index >= 15 is 0 Å². The van der Waals surface area contributed by atoms with E-state index in [4.69, 9.17) is 11.5 Å². The molecule has 3 aromatic rings. The molecule has 0 saturated heterocycles. The molecule has 0 atom stereocenters. The van der Waals surface area contributed by atoms with Gasteiger partial charge in [0.1, 0.15) is 5.82 Å². The van der Waals surface area contributed by atoms with Crippen LogP contribution in [0.25, 0.3) is 5.69 Å². The summed E-state index contributed by atoms with van der Waals surface area (Å²) in [6, 6.07) is 11.6. The van der Waals surface area contributed by atoms with Crippen LogP contribution in [0.3, 0.4) is 0 Å². The van der Waals surface area contributed by atoms with E-state index in [0.717, 1.165) is 18.4 Å². The molecule has 0 unspecified atom stereocenters. The lowest BCUT2D eigenvalue weighted by molar-refractivity contribution is 0.0949. The molecule has 4 rings (SSSR count). The fraction of sp³-hybridized carbons (Fsp3) is 0.182. The zero-order valence-corrected chi connectivity index (χ0v) is 16.4. The number of carbonyl (C=O) groups excluding carboxylic acids is 3. The Morgan fingerprint density at radius 3 is 2.50 bits per heavy atom. The molecule has 2 aromatic carbocycles. The predicted molar refractivity (Wildman–Crippen MR) is 112 cm³/mol. The number of primary amides is 1. The van der Waals surface area contributed by atoms with Gasteiger partial charge in [0, 0.05) is 22.7 Å². The number of anilines is 1. The fourth-order valence-corrected chi connectivity index (χ4v) is 3.17. The highest BCUT2D eigenvalue weighted by atomic mass is 16.2. The summed E-state index contributed by atoms with van der Waals surface area (Å²) in [6.07, 6.45) is 3.38. The van der Waals surface area contributed by atoms with Crippen molar-refractivity contribution in [1.82, 2.24) is 15.1 Å². The summed E-state index contributed by atoms with van der Waals surface area (Å²) in [7, 11) is 0. The quantitative estimate of drug-likeness (QED) is 0.541. The second-order valence-corrected chi connectivity index (χ2v) is 7.38. The van der Waals surface area contributed by atoms with Crippen molar-refractivity contribution in [3.8, 4) is 5.69 Å². The number of nitrogens with two attached hydrogens (primary N) is 2. The van der Waals surface area contributed by atoms with Crippen molar-refractivity contribution in [3.05, 3.63) is 76.5 Å². The molecule has 8 heteroatoms. The third kappa shape index (κ3) is 3.67. The smallest absolute Gasteiger partial charge is 0.251 e. The Morgan fingerprint density at radius 2 is 1.80 bits per heavy atom. The minimum absolute atomic E-state index is 0.146. The maximum atomic E-state index is 12.9. The van der Waals surface area contributed by atoms with E-state index in [1.54, 1.807) is 24.3 Å². The molecule has 0 spiro atoms. The van der Waals surface area contributed by atoms with Gasteiger partial charge in [-0.15, -0.1) is 0 Å². The van der Waals surface area contributed by atoms with E-state index in [9.17, 15) is 14.4 Å². The Bertz CT molecular complexity index is 1180. The summed E-state index contributed by atoms with van der Waals surface area (Å²) in [5.41, 5.74) is 14.2. The summed E-state index contributed by atoms with van der Waals surface area (Å²) in [5.74, 6) is -0.997. The standard InChI is InChI=1S/C22H21N5O3/c1-12-5-6-15(22(30)26-16-7-8-16)10-18(12)27-20(23)17(11-25-27)19(28)13-3-2-4-14(9-13)21(24)29/h2-6,9-11,16H,7-8,23H2,1H3,(H2,24,29)(H,26,30). The number of aromatic nitrogens is 2. The van der Waals surface area contributed by atoms with Crippen molar-refractivity contribution in [2.24, 2.45) is 5.73 Å². The largest absolute Gasteiger partial charge is 0.383 e. The number of nitrogens with zero attached hydrogens (tertiary/aromatic N) is 2. The monoisotopic (exact) mass is 403 g/mol. The number of carbonyl (C=O) groups is 3. The topological polar surface area (TPSA) is 133 Å². The molecule has 0 bridgehead atoms. The fourth-order valence-electron chi connectivity index (χ4n) is 3.17. The Hall–Kier alpha value is -3.94. The first kappa shape index (κ1) is 19.4. The number of nitrogens with one attached hydrogen (secondary N) is 1. The third-order valence-electron chi connectivity index (χ3n) is 5.07. The molecule has 1 aromatic heterocycles. The highest BCUT2D eigenvalue weighted by Crippen LogP contribution is 2.25. The minimum Gasteiger partial charge on any atom is -0.383 e. The van der Waals surface area contributed by atoms with Crippen LogP contribution in [-0.4, -0.2) is 33.4 Å². The van der Waals surface area contributed by atoms with E-state index < -0.39 is 5.91 Å². The zero-order chi connectivity index (χ0) is 21.4. The van der Waals surface area contributed by atoms with Gasteiger partial charge in [-0.1, -0.05) is 18.2 Å². The van der Waals surface area contributed by atoms with Gasteiger partial charge in [0.25, 0.3) is 5.91 Å². The SMILES string of the molecule is Cc1ccc(C(=O)NC2CC2)cc1-n1ncc(C(=O)c2cccc(C(N)=O)c2)c1N. The lowest BCUT2D eigenvalue weighted by Gasteiger charge is -2.11. The summed E-state index contributed by atoms with van der Waals surface area (Å²) >= 11 is 0. The molecule has 8 nitrogen and oxygen atoms in total. The molecule has 30 heavy (non-hydrogen) atoms. The van der Waals surface area contributed by atoms with Gasteiger partial charge in [0.15, 0.2) is 5.78 Å². The molecule has 1 saturated carbocycles. The molecule has 1 fully saturated rings. The van der Waals surface area contributed by atoms with Crippen LogP contribution in [0.1, 0.15) is 55.0 Å². The lowest BCUT2D eigenvalue weighted by atomic mass is 10.0. The number of rotatable bonds is 6. The normalized spacial score (nSPS) is 13.1. The van der Waals surface area contributed by atoms with Gasteiger partial charge in [-0.25, -0.2) is 4.68 Å². The Kier molecular flexibility index (Phi) is 4.83. The van der Waals surface area contributed by atoms with Gasteiger partial charge in [-0.05, 0) is 49.6 Å². The van der Waals surface area contributed by atoms with E-state index in [1.165, 1.54) is 23.0 Å². The molecule has 0 aliphatic heterocycles. The first-order valence-electron chi connectivity index (χ1n) is 9.55. The van der Waals surface area contributed by atoms with Crippen LogP contribution in [0, 0.1) is 6.92 Å². The number of aryl methyl sites for hydroxylation is 1. The van der Waals surface area contributed by atoms with Crippen molar-refractivity contribution in [1.29, 1.82) is 0 Å². The number of amides is 2. The van der Waals surface area contributed by atoms with E-state index in [-0.39, 0.29) is 40.2 Å². The Morgan fingerprint density at radius 1 is 1.07 bits per heavy atom. The predicted octanol–water partition coefficient (Wildman–Crippen LogP) is 1.99. The Labute approximate surface area is 172 Å². The third-order valence-corrected chi connectivity index (χ3v) is 5.07. The number of benzene rings is 2. The van der Waals surface area contributed by atoms with E-state index in [0.29, 0.717) is 11.3 Å². The second kappa shape index (κ2) is 7.47. The van der Waals surface area contributed by atoms with Crippen LogP contribution in [0.5, 0.6) is 0 Å². The number of ketones is 1. The molecular formula is C22H21N5O3. The van der Waals surface area contributed by atoms with Gasteiger partial charge < -0.3 is 16.8 Å². The van der Waals surface area contributed by atoms with Crippen LogP contribution >= 0.6 is 0 Å². The van der Waals surface area contributed by atoms with Crippen LogP contribution in [0.4, 0.5) is 5.82 Å². The maximum Gasteiger partial charge on any atom is 0.251 e. The highest BCUT2D eigenvalue weighted by molar-refractivity contribution is 6.12. The van der Waals surface area contributed by atoms with Crippen molar-refractivity contribution in [2.45, 2.75) is 25.8 Å². The van der Waals surface area contributed by atoms with Crippen molar-refractivity contribution in [2.75, 3.05) is 5.73 Å². The summed E-state index contributed by atoms with van der Waals surface area (Å²) < 4.78 is 1.44. The number of hydrogen-bond donors (Lipinski definition) is 3. The summed E-state index contributed by atoms with van der Waals surface area (Å²) in [4.78, 5) is 36.7. The molecular weight excluding hydrogens is 382 g/mol. The van der Waals surface area contributed by atoms with E-state index in [1.807, 2.05) is 13.0 Å². The van der Waals surface area contributed by atoms with Crippen LogP contribution in [0.15, 0.2) is 48.7 Å². The van der Waals surface area contributed by atoms with Crippen LogP contribution in [0.2, 0.25) is 0 Å². The van der Waals surface area contributed by atoms with Gasteiger partial charge in [-0.2, -0.15) is 5.10 Å². The zero-order valence-electron chi connectivity index (χ0n) is 16.4. The maximum absolute atomic E-state index is 12.9. The molecule has 1 aliphatic carbocycles.